The molecular weight excluding hydrogens is 496 g/mol. The Morgan fingerprint density at radius 3 is 1.69 bits per heavy atom. The van der Waals surface area contributed by atoms with Crippen LogP contribution in [0.5, 0.6) is 0 Å². The van der Waals surface area contributed by atoms with E-state index >= 15 is 0 Å². The third-order valence-electron chi connectivity index (χ3n) is 6.22. The van der Waals surface area contributed by atoms with Gasteiger partial charge in [-0.2, -0.15) is 0 Å². The Morgan fingerprint density at radius 2 is 1.18 bits per heavy atom. The molecule has 3 rings (SSSR count). The summed E-state index contributed by atoms with van der Waals surface area (Å²) in [6, 6.07) is 26.0. The number of nitrogens with one attached hydrogen (secondary N) is 2. The molecule has 0 spiro atoms. The zero-order valence-electron chi connectivity index (χ0n) is 22.2. The smallest absolute Gasteiger partial charge is 0.408 e. The van der Waals surface area contributed by atoms with Gasteiger partial charge in [0.15, 0.2) is 5.78 Å². The second kappa shape index (κ2) is 15.1. The number of carbonyl (C=O) groups excluding carboxylic acids is 4. The van der Waals surface area contributed by atoms with Crippen molar-refractivity contribution in [1.82, 2.24) is 10.6 Å². The van der Waals surface area contributed by atoms with E-state index in [2.05, 4.69) is 10.6 Å². The molecule has 8 heteroatoms. The molecule has 2 N–H and O–H groups in total. The molecule has 0 radical (unpaired) electrons. The summed E-state index contributed by atoms with van der Waals surface area (Å²) in [5.74, 6) is -2.10. The second-order valence-electron chi connectivity index (χ2n) is 9.29. The third kappa shape index (κ3) is 9.74. The van der Waals surface area contributed by atoms with Gasteiger partial charge in [0.2, 0.25) is 5.91 Å². The SMILES string of the molecule is COC(=O)[C@H](Cc1ccccc1)NC(=O)C(C)CC(=O)[C@H](Cc1ccccc1)NC(=O)OCc1ccccc1. The van der Waals surface area contributed by atoms with Gasteiger partial charge < -0.3 is 20.1 Å². The molecule has 2 amide bonds. The average molecular weight is 531 g/mol. The van der Waals surface area contributed by atoms with E-state index in [1.54, 1.807) is 6.92 Å². The van der Waals surface area contributed by atoms with Crippen molar-refractivity contribution in [2.45, 2.75) is 44.9 Å². The van der Waals surface area contributed by atoms with Crippen LogP contribution in [0.1, 0.15) is 30.0 Å². The van der Waals surface area contributed by atoms with Crippen LogP contribution in [0.25, 0.3) is 0 Å². The summed E-state index contributed by atoms with van der Waals surface area (Å²) >= 11 is 0. The monoisotopic (exact) mass is 530 g/mol. The molecule has 0 saturated heterocycles. The van der Waals surface area contributed by atoms with Gasteiger partial charge in [-0.15, -0.1) is 0 Å². The van der Waals surface area contributed by atoms with E-state index in [0.29, 0.717) is 0 Å². The maximum Gasteiger partial charge on any atom is 0.408 e. The fraction of sp³-hybridized carbons (Fsp3) is 0.290. The zero-order chi connectivity index (χ0) is 28.0. The Labute approximate surface area is 228 Å². The van der Waals surface area contributed by atoms with E-state index in [0.717, 1.165) is 16.7 Å². The molecule has 3 aromatic carbocycles. The fourth-order valence-electron chi connectivity index (χ4n) is 4.04. The van der Waals surface area contributed by atoms with Gasteiger partial charge in [0, 0.05) is 18.8 Å². The van der Waals surface area contributed by atoms with E-state index in [4.69, 9.17) is 9.47 Å². The Morgan fingerprint density at radius 1 is 0.692 bits per heavy atom. The number of alkyl carbamates (subject to hydrolysis) is 1. The van der Waals surface area contributed by atoms with Crippen molar-refractivity contribution >= 4 is 23.8 Å². The van der Waals surface area contributed by atoms with E-state index in [9.17, 15) is 19.2 Å². The normalized spacial score (nSPS) is 12.9. The van der Waals surface area contributed by atoms with Gasteiger partial charge in [-0.05, 0) is 23.1 Å². The first-order valence-corrected chi connectivity index (χ1v) is 12.8. The molecule has 0 aliphatic heterocycles. The first-order valence-electron chi connectivity index (χ1n) is 12.8. The summed E-state index contributed by atoms with van der Waals surface area (Å²) in [5, 5.41) is 5.38. The van der Waals surface area contributed by atoms with Gasteiger partial charge in [0.1, 0.15) is 12.6 Å². The van der Waals surface area contributed by atoms with Crippen LogP contribution in [0, 0.1) is 5.92 Å². The number of ketones is 1. The molecule has 0 fully saturated rings. The van der Waals surface area contributed by atoms with Crippen molar-refractivity contribution in [2.75, 3.05) is 7.11 Å². The predicted octanol–water partition coefficient (Wildman–Crippen LogP) is 4.02. The van der Waals surface area contributed by atoms with Crippen molar-refractivity contribution in [3.8, 4) is 0 Å². The minimum atomic E-state index is -0.897. The number of hydrogen-bond acceptors (Lipinski definition) is 6. The van der Waals surface area contributed by atoms with Gasteiger partial charge in [-0.3, -0.25) is 9.59 Å². The Hall–Kier alpha value is -4.46. The Balaban J connectivity index is 1.63. The lowest BCUT2D eigenvalue weighted by molar-refractivity contribution is -0.145. The van der Waals surface area contributed by atoms with Gasteiger partial charge in [-0.1, -0.05) is 97.9 Å². The number of esters is 1. The van der Waals surface area contributed by atoms with Gasteiger partial charge in [0.25, 0.3) is 0 Å². The van der Waals surface area contributed by atoms with Gasteiger partial charge in [-0.25, -0.2) is 9.59 Å². The standard InChI is InChI=1S/C31H34N2O6/c1-22(29(35)32-27(30(36)38-2)20-24-14-8-4-9-15-24)18-28(34)26(19-23-12-6-3-7-13-23)33-31(37)39-21-25-16-10-5-11-17-25/h3-17,22,26-27H,18-21H2,1-2H3,(H,32,35)(H,33,37)/t22?,26-,27-/m0/s1. The molecule has 0 bridgehead atoms. The minimum Gasteiger partial charge on any atom is -0.467 e. The summed E-state index contributed by atoms with van der Waals surface area (Å²) < 4.78 is 10.2. The number of ether oxygens (including phenoxy) is 2. The van der Waals surface area contributed by atoms with Crippen LogP contribution in [0.4, 0.5) is 4.79 Å². The zero-order valence-corrected chi connectivity index (χ0v) is 22.2. The van der Waals surface area contributed by atoms with Crippen LogP contribution in [-0.2, 0) is 43.3 Å². The quantitative estimate of drug-likeness (QED) is 0.323. The van der Waals surface area contributed by atoms with Crippen molar-refractivity contribution < 1.29 is 28.7 Å². The topological polar surface area (TPSA) is 111 Å². The Kier molecular flexibility index (Phi) is 11.2. The van der Waals surface area contributed by atoms with E-state index in [1.165, 1.54) is 7.11 Å². The second-order valence-corrected chi connectivity index (χ2v) is 9.29. The molecule has 0 heterocycles. The van der Waals surface area contributed by atoms with E-state index in [-0.39, 0.29) is 31.7 Å². The molecule has 3 atom stereocenters. The lowest BCUT2D eigenvalue weighted by Gasteiger charge is -2.22. The first kappa shape index (κ1) is 29.1. The number of Topliss-reactive ketones (excluding diaryl/α,β-unsaturated/α-hetero) is 1. The van der Waals surface area contributed by atoms with Crippen LogP contribution in [-0.4, -0.2) is 42.9 Å². The average Bonchev–Trinajstić information content (AvgIpc) is 2.96. The van der Waals surface area contributed by atoms with Crippen LogP contribution >= 0.6 is 0 Å². The molecule has 0 aliphatic carbocycles. The summed E-state index contributed by atoms with van der Waals surface area (Å²) in [7, 11) is 1.26. The molecule has 3 aromatic rings. The Bertz CT molecular complexity index is 1220. The number of benzene rings is 3. The molecule has 1 unspecified atom stereocenters. The lowest BCUT2D eigenvalue weighted by atomic mass is 9.94. The number of methoxy groups -OCH3 is 1. The summed E-state index contributed by atoms with van der Waals surface area (Å²) in [6.07, 6.45) is -0.362. The van der Waals surface area contributed by atoms with Gasteiger partial charge in [0.05, 0.1) is 13.2 Å². The lowest BCUT2D eigenvalue weighted by Crippen LogP contribution is -2.47. The molecule has 39 heavy (non-hydrogen) atoms. The first-order chi connectivity index (χ1) is 18.9. The van der Waals surface area contributed by atoms with Crippen molar-refractivity contribution in [1.29, 1.82) is 0 Å². The van der Waals surface area contributed by atoms with Crippen LogP contribution in [0.15, 0.2) is 91.0 Å². The number of carbonyl (C=O) groups is 4. The van der Waals surface area contributed by atoms with E-state index < -0.39 is 36.0 Å². The fourth-order valence-corrected chi connectivity index (χ4v) is 4.04. The highest BCUT2D eigenvalue weighted by Crippen LogP contribution is 2.13. The van der Waals surface area contributed by atoms with Crippen LogP contribution < -0.4 is 10.6 Å². The molecule has 0 aromatic heterocycles. The van der Waals surface area contributed by atoms with Crippen LogP contribution in [0.2, 0.25) is 0 Å². The minimum absolute atomic E-state index is 0.0636. The molecular formula is C31H34N2O6. The highest BCUT2D eigenvalue weighted by molar-refractivity contribution is 5.93. The number of rotatable bonds is 13. The molecule has 8 nitrogen and oxygen atoms in total. The van der Waals surface area contributed by atoms with Crippen molar-refractivity contribution in [3.63, 3.8) is 0 Å². The maximum absolute atomic E-state index is 13.3. The molecule has 0 saturated carbocycles. The number of hydrogen-bond donors (Lipinski definition) is 2. The highest BCUT2D eigenvalue weighted by Gasteiger charge is 2.29. The third-order valence-corrected chi connectivity index (χ3v) is 6.22. The molecule has 204 valence electrons. The van der Waals surface area contributed by atoms with Crippen molar-refractivity contribution in [3.05, 3.63) is 108 Å². The maximum atomic E-state index is 13.3. The van der Waals surface area contributed by atoms with Gasteiger partial charge >= 0.3 is 12.1 Å². The highest BCUT2D eigenvalue weighted by atomic mass is 16.5. The van der Waals surface area contributed by atoms with E-state index in [1.807, 2.05) is 91.0 Å². The summed E-state index contributed by atoms with van der Waals surface area (Å²) in [6.45, 7) is 1.67. The summed E-state index contributed by atoms with van der Waals surface area (Å²) in [4.78, 5) is 51.2. The number of amides is 2. The predicted molar refractivity (Wildman–Crippen MR) is 147 cm³/mol. The molecule has 0 aliphatic rings. The van der Waals surface area contributed by atoms with Crippen molar-refractivity contribution in [2.24, 2.45) is 5.92 Å². The van der Waals surface area contributed by atoms with Crippen LogP contribution in [0.3, 0.4) is 0 Å². The summed E-state index contributed by atoms with van der Waals surface area (Å²) in [5.41, 5.74) is 2.53. The largest absolute Gasteiger partial charge is 0.467 e.